The Bertz CT molecular complexity index is 567. The zero-order valence-corrected chi connectivity index (χ0v) is 16.0. The molecule has 1 aromatic rings. The first-order chi connectivity index (χ1) is 12.9. The van der Waals surface area contributed by atoms with Crippen molar-refractivity contribution >= 4 is 11.9 Å². The van der Waals surface area contributed by atoms with Crippen molar-refractivity contribution in [3.8, 4) is 0 Å². The van der Waals surface area contributed by atoms with Gasteiger partial charge in [0.15, 0.2) is 0 Å². The SMILES string of the molecule is C=CC1(O)CCCCCCCCCCC1.O=C(O)c1cccc(C(=O)O)c1. The van der Waals surface area contributed by atoms with Crippen LogP contribution in [0.4, 0.5) is 0 Å². The summed E-state index contributed by atoms with van der Waals surface area (Å²) in [4.78, 5) is 20.8. The van der Waals surface area contributed by atoms with Crippen molar-refractivity contribution in [2.45, 2.75) is 76.2 Å². The van der Waals surface area contributed by atoms with Crippen LogP contribution in [0.5, 0.6) is 0 Å². The molecule has 1 aliphatic carbocycles. The van der Waals surface area contributed by atoms with E-state index in [1.165, 1.54) is 63.1 Å². The maximum Gasteiger partial charge on any atom is 0.335 e. The number of rotatable bonds is 3. The second kappa shape index (κ2) is 12.3. The molecule has 0 spiro atoms. The second-order valence-electron chi connectivity index (χ2n) is 7.18. The Labute approximate surface area is 161 Å². The van der Waals surface area contributed by atoms with E-state index in [9.17, 15) is 14.7 Å². The van der Waals surface area contributed by atoms with E-state index < -0.39 is 17.5 Å². The zero-order valence-electron chi connectivity index (χ0n) is 16.0. The van der Waals surface area contributed by atoms with Crippen molar-refractivity contribution in [2.24, 2.45) is 0 Å². The predicted molar refractivity (Wildman–Crippen MR) is 106 cm³/mol. The lowest BCUT2D eigenvalue weighted by molar-refractivity contribution is 0.0660. The minimum Gasteiger partial charge on any atom is -0.478 e. The Morgan fingerprint density at radius 3 is 1.52 bits per heavy atom. The smallest absolute Gasteiger partial charge is 0.335 e. The average molecular weight is 376 g/mol. The lowest BCUT2D eigenvalue weighted by Gasteiger charge is -2.24. The topological polar surface area (TPSA) is 94.8 Å². The highest BCUT2D eigenvalue weighted by Crippen LogP contribution is 2.25. The Morgan fingerprint density at radius 1 is 0.815 bits per heavy atom. The molecule has 5 heteroatoms. The summed E-state index contributed by atoms with van der Waals surface area (Å²) < 4.78 is 0. The van der Waals surface area contributed by atoms with Gasteiger partial charge in [0.1, 0.15) is 0 Å². The van der Waals surface area contributed by atoms with E-state index >= 15 is 0 Å². The number of carboxylic acids is 2. The molecule has 0 unspecified atom stereocenters. The van der Waals surface area contributed by atoms with Gasteiger partial charge in [-0.25, -0.2) is 9.59 Å². The maximum atomic E-state index is 10.4. The summed E-state index contributed by atoms with van der Waals surface area (Å²) in [7, 11) is 0. The third-order valence-electron chi connectivity index (χ3n) is 4.96. The molecule has 0 heterocycles. The second-order valence-corrected chi connectivity index (χ2v) is 7.18. The maximum absolute atomic E-state index is 10.4. The van der Waals surface area contributed by atoms with Gasteiger partial charge in [-0.15, -0.1) is 6.58 Å². The van der Waals surface area contributed by atoms with Gasteiger partial charge in [-0.3, -0.25) is 0 Å². The van der Waals surface area contributed by atoms with Crippen molar-refractivity contribution in [1.82, 2.24) is 0 Å². The number of carboxylic acid groups (broad SMARTS) is 2. The Balaban J connectivity index is 0.000000277. The Morgan fingerprint density at radius 2 is 1.19 bits per heavy atom. The molecule has 0 aromatic heterocycles. The summed E-state index contributed by atoms with van der Waals surface area (Å²) in [5, 5.41) is 27.2. The lowest BCUT2D eigenvalue weighted by atomic mass is 9.89. The average Bonchev–Trinajstić information content (AvgIpc) is 2.65. The third-order valence-corrected chi connectivity index (χ3v) is 4.96. The standard InChI is InChI=1S/C14H26O.C8H6O4/c1-2-14(15)12-10-8-6-4-3-5-7-9-11-13-14;9-7(10)5-2-1-3-6(4-5)8(11)12/h2,15H,1,3-13H2;1-4H,(H,9,10)(H,11,12). The normalized spacial score (nSPS) is 18.0. The molecule has 0 atom stereocenters. The molecule has 150 valence electrons. The first kappa shape index (κ1) is 22.9. The minimum absolute atomic E-state index is 0.0186. The summed E-state index contributed by atoms with van der Waals surface area (Å²) in [6.45, 7) is 3.77. The lowest BCUT2D eigenvalue weighted by Crippen LogP contribution is -2.25. The van der Waals surface area contributed by atoms with Gasteiger partial charge in [-0.1, -0.05) is 69.9 Å². The van der Waals surface area contributed by atoms with Gasteiger partial charge in [0, 0.05) is 0 Å². The molecular weight excluding hydrogens is 344 g/mol. The number of hydrogen-bond donors (Lipinski definition) is 3. The van der Waals surface area contributed by atoms with Crippen LogP contribution in [0.15, 0.2) is 36.9 Å². The van der Waals surface area contributed by atoms with Crippen LogP contribution in [-0.2, 0) is 0 Å². The molecule has 0 saturated heterocycles. The molecular formula is C22H32O5. The molecule has 3 N–H and O–H groups in total. The van der Waals surface area contributed by atoms with E-state index in [0.717, 1.165) is 31.7 Å². The van der Waals surface area contributed by atoms with Crippen LogP contribution < -0.4 is 0 Å². The van der Waals surface area contributed by atoms with Crippen molar-refractivity contribution in [3.05, 3.63) is 48.0 Å². The molecule has 0 aliphatic heterocycles. The van der Waals surface area contributed by atoms with Gasteiger partial charge in [0.25, 0.3) is 0 Å². The number of aromatic carboxylic acids is 2. The molecule has 1 aromatic carbocycles. The van der Waals surface area contributed by atoms with Gasteiger partial charge < -0.3 is 15.3 Å². The molecule has 1 saturated carbocycles. The highest BCUT2D eigenvalue weighted by atomic mass is 16.4. The minimum atomic E-state index is -1.13. The third kappa shape index (κ3) is 9.38. The van der Waals surface area contributed by atoms with Crippen LogP contribution in [0.25, 0.3) is 0 Å². The number of hydrogen-bond acceptors (Lipinski definition) is 3. The van der Waals surface area contributed by atoms with Gasteiger partial charge >= 0.3 is 11.9 Å². The Kier molecular flexibility index (Phi) is 10.4. The molecule has 5 nitrogen and oxygen atoms in total. The van der Waals surface area contributed by atoms with E-state index in [4.69, 9.17) is 10.2 Å². The molecule has 0 radical (unpaired) electrons. The van der Waals surface area contributed by atoms with E-state index in [-0.39, 0.29) is 11.1 Å². The van der Waals surface area contributed by atoms with Crippen LogP contribution in [-0.4, -0.2) is 32.9 Å². The first-order valence-electron chi connectivity index (χ1n) is 9.80. The number of carbonyl (C=O) groups is 2. The quantitative estimate of drug-likeness (QED) is 0.623. The summed E-state index contributed by atoms with van der Waals surface area (Å²) in [5.74, 6) is -2.25. The van der Waals surface area contributed by atoms with E-state index in [2.05, 4.69) is 6.58 Å². The van der Waals surface area contributed by atoms with Crippen molar-refractivity contribution in [1.29, 1.82) is 0 Å². The molecule has 1 aliphatic rings. The highest BCUT2D eigenvalue weighted by molar-refractivity contribution is 5.93. The van der Waals surface area contributed by atoms with Crippen molar-refractivity contribution < 1.29 is 24.9 Å². The van der Waals surface area contributed by atoms with Crippen LogP contribution in [0.2, 0.25) is 0 Å². The van der Waals surface area contributed by atoms with Crippen LogP contribution in [0.1, 0.15) is 91.3 Å². The van der Waals surface area contributed by atoms with Crippen LogP contribution >= 0.6 is 0 Å². The van der Waals surface area contributed by atoms with Gasteiger partial charge in [0.2, 0.25) is 0 Å². The summed E-state index contributed by atoms with van der Waals surface area (Å²) in [5.41, 5.74) is -0.607. The van der Waals surface area contributed by atoms with E-state index in [0.29, 0.717) is 0 Å². The fourth-order valence-electron chi connectivity index (χ4n) is 3.21. The largest absolute Gasteiger partial charge is 0.478 e. The highest BCUT2D eigenvalue weighted by Gasteiger charge is 2.21. The molecule has 0 amide bonds. The van der Waals surface area contributed by atoms with Gasteiger partial charge in [0.05, 0.1) is 16.7 Å². The fraction of sp³-hybridized carbons (Fsp3) is 0.545. The molecule has 1 fully saturated rings. The van der Waals surface area contributed by atoms with Crippen molar-refractivity contribution in [3.63, 3.8) is 0 Å². The predicted octanol–water partition coefficient (Wildman–Crippen LogP) is 5.29. The van der Waals surface area contributed by atoms with E-state index in [1.807, 2.05) is 0 Å². The number of aliphatic hydroxyl groups is 1. The van der Waals surface area contributed by atoms with Crippen LogP contribution in [0.3, 0.4) is 0 Å². The fourth-order valence-corrected chi connectivity index (χ4v) is 3.21. The summed E-state index contributed by atoms with van der Waals surface area (Å²) in [6, 6.07) is 5.20. The molecule has 27 heavy (non-hydrogen) atoms. The van der Waals surface area contributed by atoms with Crippen molar-refractivity contribution in [2.75, 3.05) is 0 Å². The summed E-state index contributed by atoms with van der Waals surface area (Å²) in [6.07, 6.45) is 15.3. The van der Waals surface area contributed by atoms with E-state index in [1.54, 1.807) is 6.08 Å². The Hall–Kier alpha value is -2.14. The van der Waals surface area contributed by atoms with Gasteiger partial charge in [-0.05, 0) is 31.0 Å². The van der Waals surface area contributed by atoms with Gasteiger partial charge in [-0.2, -0.15) is 0 Å². The van der Waals surface area contributed by atoms with Crippen LogP contribution in [0, 0.1) is 0 Å². The number of benzene rings is 1. The summed E-state index contributed by atoms with van der Waals surface area (Å²) >= 11 is 0. The monoisotopic (exact) mass is 376 g/mol. The zero-order chi connectivity index (χ0) is 20.1. The molecule has 2 rings (SSSR count). The molecule has 0 bridgehead atoms. The first-order valence-corrected chi connectivity index (χ1v) is 9.80.